The second kappa shape index (κ2) is 6.32. The third-order valence-corrected chi connectivity index (χ3v) is 5.60. The Morgan fingerprint density at radius 2 is 2.21 bits per heavy atom. The van der Waals surface area contributed by atoms with Gasteiger partial charge in [0.25, 0.3) is 5.91 Å². The molecule has 0 spiro atoms. The zero-order valence-corrected chi connectivity index (χ0v) is 14.4. The number of hydrogen-bond donors (Lipinski definition) is 0. The van der Waals surface area contributed by atoms with Crippen molar-refractivity contribution >= 4 is 28.1 Å². The summed E-state index contributed by atoms with van der Waals surface area (Å²) in [6.07, 6.45) is 4.00. The van der Waals surface area contributed by atoms with Crippen molar-refractivity contribution in [3.8, 4) is 0 Å². The number of para-hydroxylation sites is 1. The minimum atomic E-state index is 0.133. The molecular formula is C19H19N3OS. The minimum Gasteiger partial charge on any atom is -0.338 e. The Kier molecular flexibility index (Phi) is 4.02. The number of fused-ring (bicyclic) bond motifs is 1. The van der Waals surface area contributed by atoms with Crippen LogP contribution in [0.4, 0.5) is 0 Å². The van der Waals surface area contributed by atoms with Gasteiger partial charge in [0.1, 0.15) is 4.88 Å². The van der Waals surface area contributed by atoms with E-state index in [1.165, 1.54) is 22.3 Å². The number of carbonyl (C=O) groups excluding carboxylic acids is 1. The van der Waals surface area contributed by atoms with Crippen molar-refractivity contribution in [2.45, 2.75) is 19.8 Å². The number of nitrogens with zero attached hydrogens (tertiary/aromatic N) is 3. The third-order valence-electron chi connectivity index (χ3n) is 4.68. The molecule has 1 atom stereocenters. The van der Waals surface area contributed by atoms with Crippen molar-refractivity contribution in [1.82, 2.24) is 14.9 Å². The monoisotopic (exact) mass is 337 g/mol. The van der Waals surface area contributed by atoms with Crippen LogP contribution >= 0.6 is 11.3 Å². The van der Waals surface area contributed by atoms with Gasteiger partial charge in [0.05, 0.1) is 16.7 Å². The van der Waals surface area contributed by atoms with Crippen molar-refractivity contribution in [3.63, 3.8) is 0 Å². The first-order chi connectivity index (χ1) is 11.7. The zero-order valence-electron chi connectivity index (χ0n) is 13.6. The standard InChI is InChI=1S/C19H19N3OS/c1-13-18(24-12-21-13)19(23)22-7-6-14(11-22)8-15-9-16-4-2-3-5-17(16)20-10-15/h2-5,9-10,12,14H,6-8,11H2,1H3. The third kappa shape index (κ3) is 2.91. The van der Waals surface area contributed by atoms with Gasteiger partial charge in [-0.15, -0.1) is 11.3 Å². The first kappa shape index (κ1) is 15.3. The maximum atomic E-state index is 12.6. The summed E-state index contributed by atoms with van der Waals surface area (Å²) in [7, 11) is 0. The van der Waals surface area contributed by atoms with Gasteiger partial charge in [-0.3, -0.25) is 9.78 Å². The van der Waals surface area contributed by atoms with Gasteiger partial charge in [-0.25, -0.2) is 4.98 Å². The normalized spacial score (nSPS) is 17.5. The highest BCUT2D eigenvalue weighted by molar-refractivity contribution is 7.11. The SMILES string of the molecule is Cc1ncsc1C(=O)N1CCC(Cc2cnc3ccccc3c2)C1. The van der Waals surface area contributed by atoms with E-state index in [9.17, 15) is 4.79 Å². The average Bonchev–Trinajstić information content (AvgIpc) is 3.23. The zero-order chi connectivity index (χ0) is 16.5. The quantitative estimate of drug-likeness (QED) is 0.732. The molecule has 0 bridgehead atoms. The molecule has 1 fully saturated rings. The Labute approximate surface area is 145 Å². The predicted octanol–water partition coefficient (Wildman–Crippen LogP) is 3.70. The molecule has 5 heteroatoms. The van der Waals surface area contributed by atoms with Gasteiger partial charge < -0.3 is 4.90 Å². The molecule has 0 saturated carbocycles. The molecule has 1 aromatic carbocycles. The van der Waals surface area contributed by atoms with Gasteiger partial charge >= 0.3 is 0 Å². The van der Waals surface area contributed by atoms with Crippen LogP contribution in [0.2, 0.25) is 0 Å². The Bertz CT molecular complexity index is 889. The van der Waals surface area contributed by atoms with E-state index in [0.717, 1.165) is 42.0 Å². The summed E-state index contributed by atoms with van der Waals surface area (Å²) in [5.41, 5.74) is 4.87. The number of carbonyl (C=O) groups is 1. The number of thiazole rings is 1. The molecule has 0 aliphatic carbocycles. The lowest BCUT2D eigenvalue weighted by Crippen LogP contribution is -2.28. The van der Waals surface area contributed by atoms with Crippen LogP contribution in [0, 0.1) is 12.8 Å². The summed E-state index contributed by atoms with van der Waals surface area (Å²) in [5.74, 6) is 0.638. The van der Waals surface area contributed by atoms with Crippen molar-refractivity contribution in [2.24, 2.45) is 5.92 Å². The van der Waals surface area contributed by atoms with Crippen LogP contribution in [-0.2, 0) is 6.42 Å². The molecule has 122 valence electrons. The number of likely N-dealkylation sites (tertiary alicyclic amines) is 1. The number of amides is 1. The van der Waals surface area contributed by atoms with Crippen LogP contribution in [0.5, 0.6) is 0 Å². The number of benzene rings is 1. The fourth-order valence-electron chi connectivity index (χ4n) is 3.40. The first-order valence-corrected chi connectivity index (χ1v) is 9.11. The van der Waals surface area contributed by atoms with Crippen molar-refractivity contribution in [1.29, 1.82) is 0 Å². The summed E-state index contributed by atoms with van der Waals surface area (Å²) in [4.78, 5) is 24.1. The highest BCUT2D eigenvalue weighted by atomic mass is 32.1. The van der Waals surface area contributed by atoms with Gasteiger partial charge in [-0.1, -0.05) is 18.2 Å². The molecule has 0 N–H and O–H groups in total. The van der Waals surface area contributed by atoms with Crippen molar-refractivity contribution < 1.29 is 4.79 Å². The molecule has 2 aromatic heterocycles. The molecule has 4 rings (SSSR count). The molecule has 1 aliphatic rings. The average molecular weight is 337 g/mol. The highest BCUT2D eigenvalue weighted by Gasteiger charge is 2.28. The topological polar surface area (TPSA) is 46.1 Å². The van der Waals surface area contributed by atoms with Gasteiger partial charge in [0, 0.05) is 24.7 Å². The van der Waals surface area contributed by atoms with Crippen molar-refractivity contribution in [2.75, 3.05) is 13.1 Å². The van der Waals surface area contributed by atoms with Gasteiger partial charge in [0.2, 0.25) is 0 Å². The predicted molar refractivity (Wildman–Crippen MR) is 96.3 cm³/mol. The van der Waals surface area contributed by atoms with Crippen LogP contribution in [0.1, 0.15) is 27.3 Å². The van der Waals surface area contributed by atoms with E-state index < -0.39 is 0 Å². The van der Waals surface area contributed by atoms with E-state index in [4.69, 9.17) is 0 Å². The van der Waals surface area contributed by atoms with E-state index >= 15 is 0 Å². The summed E-state index contributed by atoms with van der Waals surface area (Å²) < 4.78 is 0. The molecule has 1 amide bonds. The minimum absolute atomic E-state index is 0.133. The Hall–Kier alpha value is -2.27. The van der Waals surface area contributed by atoms with Crippen LogP contribution in [0.25, 0.3) is 10.9 Å². The number of rotatable bonds is 3. The van der Waals surface area contributed by atoms with Crippen LogP contribution in [-0.4, -0.2) is 33.9 Å². The fourth-order valence-corrected chi connectivity index (χ4v) is 4.17. The molecule has 3 aromatic rings. The molecule has 1 aliphatic heterocycles. The first-order valence-electron chi connectivity index (χ1n) is 8.24. The summed E-state index contributed by atoms with van der Waals surface area (Å²) in [6.45, 7) is 3.56. The molecule has 0 radical (unpaired) electrons. The van der Waals surface area contributed by atoms with Crippen molar-refractivity contribution in [3.05, 3.63) is 58.2 Å². The lowest BCUT2D eigenvalue weighted by atomic mass is 9.99. The van der Waals surface area contributed by atoms with E-state index in [0.29, 0.717) is 5.92 Å². The number of aromatic nitrogens is 2. The molecule has 1 saturated heterocycles. The fraction of sp³-hybridized carbons (Fsp3) is 0.316. The van der Waals surface area contributed by atoms with E-state index in [2.05, 4.69) is 22.1 Å². The Morgan fingerprint density at radius 1 is 1.33 bits per heavy atom. The van der Waals surface area contributed by atoms with E-state index in [-0.39, 0.29) is 5.91 Å². The second-order valence-corrected chi connectivity index (χ2v) is 7.27. The van der Waals surface area contributed by atoms with E-state index in [1.54, 1.807) is 5.51 Å². The second-order valence-electron chi connectivity index (χ2n) is 6.41. The summed E-state index contributed by atoms with van der Waals surface area (Å²) >= 11 is 1.44. The van der Waals surface area contributed by atoms with Gasteiger partial charge in [0.15, 0.2) is 0 Å². The van der Waals surface area contributed by atoms with Crippen LogP contribution in [0.3, 0.4) is 0 Å². The maximum Gasteiger partial charge on any atom is 0.265 e. The highest BCUT2D eigenvalue weighted by Crippen LogP contribution is 2.25. The number of hydrogen-bond acceptors (Lipinski definition) is 4. The van der Waals surface area contributed by atoms with Crippen LogP contribution in [0.15, 0.2) is 42.0 Å². The van der Waals surface area contributed by atoms with Crippen LogP contribution < -0.4 is 0 Å². The lowest BCUT2D eigenvalue weighted by molar-refractivity contribution is 0.0791. The summed E-state index contributed by atoms with van der Waals surface area (Å²) in [6, 6.07) is 10.4. The summed E-state index contributed by atoms with van der Waals surface area (Å²) in [5, 5.41) is 1.18. The molecule has 4 nitrogen and oxygen atoms in total. The Balaban J connectivity index is 1.45. The van der Waals surface area contributed by atoms with Gasteiger partial charge in [-0.2, -0.15) is 0 Å². The lowest BCUT2D eigenvalue weighted by Gasteiger charge is -2.16. The molecule has 24 heavy (non-hydrogen) atoms. The smallest absolute Gasteiger partial charge is 0.265 e. The molecule has 3 heterocycles. The maximum absolute atomic E-state index is 12.6. The number of pyridine rings is 1. The van der Waals surface area contributed by atoms with E-state index in [1.807, 2.05) is 36.2 Å². The Morgan fingerprint density at radius 3 is 3.04 bits per heavy atom. The molecule has 1 unspecified atom stereocenters. The molecular weight excluding hydrogens is 318 g/mol. The number of aryl methyl sites for hydroxylation is 1. The van der Waals surface area contributed by atoms with Gasteiger partial charge in [-0.05, 0) is 43.4 Å². The largest absolute Gasteiger partial charge is 0.338 e.